The number of fused-ring (bicyclic) bond motifs is 1. The molecular weight excluding hydrogens is 269 g/mol. The van der Waals surface area contributed by atoms with Crippen molar-refractivity contribution < 1.29 is 9.13 Å². The molecule has 21 heavy (non-hydrogen) atoms. The van der Waals surface area contributed by atoms with E-state index < -0.39 is 0 Å². The number of nitrogens with zero attached hydrogens (tertiary/aromatic N) is 2. The Morgan fingerprint density at radius 1 is 1.19 bits per heavy atom. The van der Waals surface area contributed by atoms with Gasteiger partial charge in [0, 0.05) is 18.3 Å². The van der Waals surface area contributed by atoms with E-state index in [0.29, 0.717) is 12.3 Å². The summed E-state index contributed by atoms with van der Waals surface area (Å²) in [6.07, 6.45) is 1.41. The third kappa shape index (κ3) is 2.48. The standard InChI is InChI=1S/C16H16FN3O/c1-2-21-13-6-3-11(4-7-13)16-14(9-18)20-10-12(17)5-8-15(20)19-16/h3-8,10H,2,9,18H2,1H3. The lowest BCUT2D eigenvalue weighted by molar-refractivity contribution is 0.340. The van der Waals surface area contributed by atoms with Crippen LogP contribution in [0.5, 0.6) is 5.75 Å². The summed E-state index contributed by atoms with van der Waals surface area (Å²) in [7, 11) is 0. The first-order valence-corrected chi connectivity index (χ1v) is 6.82. The van der Waals surface area contributed by atoms with E-state index >= 15 is 0 Å². The molecule has 0 spiro atoms. The Kier molecular flexibility index (Phi) is 3.58. The number of imidazole rings is 1. The Morgan fingerprint density at radius 3 is 2.62 bits per heavy atom. The fourth-order valence-corrected chi connectivity index (χ4v) is 2.37. The first-order valence-electron chi connectivity index (χ1n) is 6.82. The first kappa shape index (κ1) is 13.6. The fourth-order valence-electron chi connectivity index (χ4n) is 2.37. The lowest BCUT2D eigenvalue weighted by atomic mass is 10.1. The van der Waals surface area contributed by atoms with Crippen molar-refractivity contribution >= 4 is 5.65 Å². The van der Waals surface area contributed by atoms with Gasteiger partial charge in [-0.05, 0) is 43.3 Å². The summed E-state index contributed by atoms with van der Waals surface area (Å²) in [6, 6.07) is 10.7. The van der Waals surface area contributed by atoms with Gasteiger partial charge in [-0.1, -0.05) is 0 Å². The highest BCUT2D eigenvalue weighted by Gasteiger charge is 2.13. The topological polar surface area (TPSA) is 52.5 Å². The minimum atomic E-state index is -0.312. The molecule has 2 aromatic heterocycles. The lowest BCUT2D eigenvalue weighted by Gasteiger charge is -2.05. The third-order valence-electron chi connectivity index (χ3n) is 3.31. The summed E-state index contributed by atoms with van der Waals surface area (Å²) >= 11 is 0. The van der Waals surface area contributed by atoms with Crippen LogP contribution in [0.2, 0.25) is 0 Å². The highest BCUT2D eigenvalue weighted by atomic mass is 19.1. The predicted molar refractivity (Wildman–Crippen MR) is 79.6 cm³/mol. The van der Waals surface area contributed by atoms with Crippen LogP contribution in [0, 0.1) is 5.82 Å². The van der Waals surface area contributed by atoms with Crippen molar-refractivity contribution in [2.24, 2.45) is 5.73 Å². The Morgan fingerprint density at radius 2 is 1.95 bits per heavy atom. The maximum atomic E-state index is 13.4. The zero-order valence-corrected chi connectivity index (χ0v) is 11.7. The molecule has 0 amide bonds. The SMILES string of the molecule is CCOc1ccc(-c2nc3ccc(F)cn3c2CN)cc1. The predicted octanol–water partition coefficient (Wildman–Crippen LogP) is 3.00. The van der Waals surface area contributed by atoms with Gasteiger partial charge in [-0.3, -0.25) is 4.40 Å². The number of aromatic nitrogens is 2. The van der Waals surface area contributed by atoms with E-state index in [-0.39, 0.29) is 12.4 Å². The van der Waals surface area contributed by atoms with Crippen LogP contribution in [0.3, 0.4) is 0 Å². The van der Waals surface area contributed by atoms with Crippen molar-refractivity contribution in [1.29, 1.82) is 0 Å². The van der Waals surface area contributed by atoms with Gasteiger partial charge in [0.25, 0.3) is 0 Å². The van der Waals surface area contributed by atoms with Crippen molar-refractivity contribution in [2.75, 3.05) is 6.61 Å². The van der Waals surface area contributed by atoms with Crippen molar-refractivity contribution in [3.05, 3.63) is 54.1 Å². The summed E-state index contributed by atoms with van der Waals surface area (Å²) < 4.78 is 20.5. The number of rotatable bonds is 4. The summed E-state index contributed by atoms with van der Waals surface area (Å²) in [5, 5.41) is 0. The first-order chi connectivity index (χ1) is 10.2. The fraction of sp³-hybridized carbons (Fsp3) is 0.188. The smallest absolute Gasteiger partial charge is 0.139 e. The largest absolute Gasteiger partial charge is 0.494 e. The molecule has 0 fully saturated rings. The van der Waals surface area contributed by atoms with Gasteiger partial charge >= 0.3 is 0 Å². The van der Waals surface area contributed by atoms with E-state index in [9.17, 15) is 4.39 Å². The molecule has 0 aliphatic heterocycles. The molecule has 0 atom stereocenters. The van der Waals surface area contributed by atoms with Crippen molar-refractivity contribution in [3.63, 3.8) is 0 Å². The van der Waals surface area contributed by atoms with Crippen LogP contribution in [0.1, 0.15) is 12.6 Å². The third-order valence-corrected chi connectivity index (χ3v) is 3.31. The minimum Gasteiger partial charge on any atom is -0.494 e. The van der Waals surface area contributed by atoms with Crippen molar-refractivity contribution in [1.82, 2.24) is 9.38 Å². The average molecular weight is 285 g/mol. The van der Waals surface area contributed by atoms with E-state index in [1.807, 2.05) is 31.2 Å². The summed E-state index contributed by atoms with van der Waals surface area (Å²) in [5.74, 6) is 0.498. The zero-order chi connectivity index (χ0) is 14.8. The maximum absolute atomic E-state index is 13.4. The zero-order valence-electron chi connectivity index (χ0n) is 11.7. The molecule has 3 rings (SSSR count). The van der Waals surface area contributed by atoms with Gasteiger partial charge in [0.1, 0.15) is 17.2 Å². The average Bonchev–Trinajstić information content (AvgIpc) is 2.86. The Bertz CT molecular complexity index is 765. The maximum Gasteiger partial charge on any atom is 0.139 e. The van der Waals surface area contributed by atoms with Crippen LogP contribution in [0.4, 0.5) is 4.39 Å². The molecule has 0 aliphatic carbocycles. The van der Waals surface area contributed by atoms with Crippen LogP contribution in [-0.2, 0) is 6.54 Å². The number of nitrogens with two attached hydrogens (primary N) is 1. The number of ether oxygens (including phenoxy) is 1. The number of benzene rings is 1. The van der Waals surface area contributed by atoms with Crippen LogP contribution < -0.4 is 10.5 Å². The summed E-state index contributed by atoms with van der Waals surface area (Å²) in [6.45, 7) is 2.85. The molecule has 2 N–H and O–H groups in total. The highest BCUT2D eigenvalue weighted by molar-refractivity contribution is 5.67. The van der Waals surface area contributed by atoms with E-state index in [1.165, 1.54) is 12.3 Å². The van der Waals surface area contributed by atoms with E-state index in [1.54, 1.807) is 10.5 Å². The number of halogens is 1. The van der Waals surface area contributed by atoms with Gasteiger partial charge in [-0.15, -0.1) is 0 Å². The number of hydrogen-bond donors (Lipinski definition) is 1. The highest BCUT2D eigenvalue weighted by Crippen LogP contribution is 2.26. The molecule has 3 aromatic rings. The molecule has 0 bridgehead atoms. The Hall–Kier alpha value is -2.40. The minimum absolute atomic E-state index is 0.285. The van der Waals surface area contributed by atoms with Gasteiger partial charge < -0.3 is 10.5 Å². The molecule has 4 nitrogen and oxygen atoms in total. The van der Waals surface area contributed by atoms with Gasteiger partial charge in [0.2, 0.25) is 0 Å². The monoisotopic (exact) mass is 285 g/mol. The summed E-state index contributed by atoms with van der Waals surface area (Å²) in [5.41, 5.74) is 8.99. The van der Waals surface area contributed by atoms with Gasteiger partial charge in [-0.25, -0.2) is 9.37 Å². The molecule has 0 unspecified atom stereocenters. The molecule has 108 valence electrons. The van der Waals surface area contributed by atoms with Crippen LogP contribution >= 0.6 is 0 Å². The van der Waals surface area contributed by atoms with E-state index in [4.69, 9.17) is 10.5 Å². The van der Waals surface area contributed by atoms with E-state index in [2.05, 4.69) is 4.98 Å². The van der Waals surface area contributed by atoms with Gasteiger partial charge in [-0.2, -0.15) is 0 Å². The molecular formula is C16H16FN3O. The molecule has 0 aliphatic rings. The second-order valence-corrected chi connectivity index (χ2v) is 4.64. The molecule has 0 radical (unpaired) electrons. The van der Waals surface area contributed by atoms with E-state index in [0.717, 1.165) is 22.7 Å². The molecule has 5 heteroatoms. The van der Waals surface area contributed by atoms with Crippen LogP contribution in [-0.4, -0.2) is 16.0 Å². The molecule has 0 saturated carbocycles. The number of pyridine rings is 1. The van der Waals surface area contributed by atoms with Crippen LogP contribution in [0.15, 0.2) is 42.6 Å². The normalized spacial score (nSPS) is 11.0. The second kappa shape index (κ2) is 5.54. The van der Waals surface area contributed by atoms with Crippen molar-refractivity contribution in [3.8, 4) is 17.0 Å². The number of hydrogen-bond acceptors (Lipinski definition) is 3. The lowest BCUT2D eigenvalue weighted by Crippen LogP contribution is -2.03. The van der Waals surface area contributed by atoms with Gasteiger partial charge in [0.15, 0.2) is 0 Å². The quantitative estimate of drug-likeness (QED) is 0.801. The van der Waals surface area contributed by atoms with Crippen LogP contribution in [0.25, 0.3) is 16.9 Å². The molecule has 0 saturated heterocycles. The van der Waals surface area contributed by atoms with Gasteiger partial charge in [0.05, 0.1) is 18.0 Å². The molecule has 2 heterocycles. The van der Waals surface area contributed by atoms with Crippen molar-refractivity contribution in [2.45, 2.75) is 13.5 Å². The Labute approximate surface area is 122 Å². The Balaban J connectivity index is 2.10. The second-order valence-electron chi connectivity index (χ2n) is 4.64. The summed E-state index contributed by atoms with van der Waals surface area (Å²) in [4.78, 5) is 4.55. The molecule has 1 aromatic carbocycles.